The zero-order valence-electron chi connectivity index (χ0n) is 11.6. The molecule has 1 atom stereocenters. The van der Waals surface area contributed by atoms with Crippen molar-refractivity contribution in [2.45, 2.75) is 51.6 Å². The lowest BCUT2D eigenvalue weighted by atomic mass is 9.94. The van der Waals surface area contributed by atoms with Gasteiger partial charge in [0, 0.05) is 5.54 Å². The summed E-state index contributed by atoms with van der Waals surface area (Å²) in [7, 11) is 0. The molecule has 3 nitrogen and oxygen atoms in total. The Morgan fingerprint density at radius 1 is 1.28 bits per heavy atom. The van der Waals surface area contributed by atoms with Gasteiger partial charge in [-0.25, -0.2) is 0 Å². The number of carbonyl (C=O) groups excluding carboxylic acids is 1. The smallest absolute Gasteiger partial charge is 0.237 e. The Kier molecular flexibility index (Phi) is 5.35. The van der Waals surface area contributed by atoms with Gasteiger partial charge in [-0.05, 0) is 31.7 Å². The van der Waals surface area contributed by atoms with Gasteiger partial charge in [0.1, 0.15) is 0 Å². The molecule has 0 saturated heterocycles. The molecule has 1 amide bonds. The van der Waals surface area contributed by atoms with E-state index in [1.54, 1.807) is 0 Å². The van der Waals surface area contributed by atoms with Crippen molar-refractivity contribution in [1.29, 1.82) is 0 Å². The lowest BCUT2D eigenvalue weighted by Gasteiger charge is -2.29. The van der Waals surface area contributed by atoms with Gasteiger partial charge < -0.3 is 11.1 Å². The minimum absolute atomic E-state index is 0.0648. The number of hydrogen-bond acceptors (Lipinski definition) is 2. The molecule has 0 spiro atoms. The SMILES string of the molecule is CCC(C)(CC)NC(=O)[C@H](N)Cc1ccccc1. The van der Waals surface area contributed by atoms with Crippen LogP contribution in [-0.4, -0.2) is 17.5 Å². The van der Waals surface area contributed by atoms with Gasteiger partial charge in [-0.1, -0.05) is 44.2 Å². The Labute approximate surface area is 110 Å². The van der Waals surface area contributed by atoms with Crippen LogP contribution in [0.2, 0.25) is 0 Å². The van der Waals surface area contributed by atoms with Gasteiger partial charge in [-0.15, -0.1) is 0 Å². The van der Waals surface area contributed by atoms with Crippen molar-refractivity contribution in [2.24, 2.45) is 5.73 Å². The van der Waals surface area contributed by atoms with Crippen molar-refractivity contribution in [3.63, 3.8) is 0 Å². The molecule has 1 aromatic carbocycles. The maximum atomic E-state index is 12.0. The summed E-state index contributed by atoms with van der Waals surface area (Å²) in [4.78, 5) is 12.0. The molecule has 18 heavy (non-hydrogen) atoms. The van der Waals surface area contributed by atoms with E-state index in [4.69, 9.17) is 5.73 Å². The summed E-state index contributed by atoms with van der Waals surface area (Å²) in [5.74, 6) is -0.0648. The van der Waals surface area contributed by atoms with Crippen molar-refractivity contribution in [1.82, 2.24) is 5.32 Å². The van der Waals surface area contributed by atoms with Crippen LogP contribution in [0.4, 0.5) is 0 Å². The van der Waals surface area contributed by atoms with Crippen molar-refractivity contribution in [2.75, 3.05) is 0 Å². The van der Waals surface area contributed by atoms with Gasteiger partial charge in [0.25, 0.3) is 0 Å². The van der Waals surface area contributed by atoms with E-state index in [0.717, 1.165) is 18.4 Å². The molecule has 3 heteroatoms. The van der Waals surface area contributed by atoms with Crippen LogP contribution in [0.1, 0.15) is 39.2 Å². The lowest BCUT2D eigenvalue weighted by Crippen LogP contribution is -2.52. The molecule has 0 aliphatic rings. The summed E-state index contributed by atoms with van der Waals surface area (Å²) >= 11 is 0. The van der Waals surface area contributed by atoms with Crippen LogP contribution in [0.15, 0.2) is 30.3 Å². The number of nitrogens with one attached hydrogen (secondary N) is 1. The third-order valence-corrected chi connectivity index (χ3v) is 3.62. The number of carbonyl (C=O) groups is 1. The van der Waals surface area contributed by atoms with Gasteiger partial charge >= 0.3 is 0 Å². The maximum Gasteiger partial charge on any atom is 0.237 e. The molecule has 3 N–H and O–H groups in total. The molecular weight excluding hydrogens is 224 g/mol. The summed E-state index contributed by atoms with van der Waals surface area (Å²) in [5.41, 5.74) is 6.90. The second-order valence-electron chi connectivity index (χ2n) is 5.05. The Morgan fingerprint density at radius 2 is 1.83 bits per heavy atom. The van der Waals surface area contributed by atoms with E-state index in [0.29, 0.717) is 6.42 Å². The van der Waals surface area contributed by atoms with Gasteiger partial charge in [0.15, 0.2) is 0 Å². The normalized spacial score (nSPS) is 13.1. The van der Waals surface area contributed by atoms with Gasteiger partial charge in [0.05, 0.1) is 6.04 Å². The summed E-state index contributed by atoms with van der Waals surface area (Å²) in [6.45, 7) is 6.21. The van der Waals surface area contributed by atoms with Crippen LogP contribution in [0, 0.1) is 0 Å². The standard InChI is InChI=1S/C15H24N2O/c1-4-15(3,5-2)17-14(18)13(16)11-12-9-7-6-8-10-12/h6-10,13H,4-5,11,16H2,1-3H3,(H,17,18)/t13-/m1/s1. The molecule has 0 radical (unpaired) electrons. The largest absolute Gasteiger partial charge is 0.350 e. The lowest BCUT2D eigenvalue weighted by molar-refractivity contribution is -0.124. The van der Waals surface area contributed by atoms with Crippen molar-refractivity contribution >= 4 is 5.91 Å². The van der Waals surface area contributed by atoms with E-state index in [1.165, 1.54) is 0 Å². The predicted molar refractivity (Wildman–Crippen MR) is 75.3 cm³/mol. The minimum Gasteiger partial charge on any atom is -0.350 e. The monoisotopic (exact) mass is 248 g/mol. The Bertz CT molecular complexity index is 371. The second-order valence-corrected chi connectivity index (χ2v) is 5.05. The summed E-state index contributed by atoms with van der Waals surface area (Å²) in [6.07, 6.45) is 2.40. The quantitative estimate of drug-likeness (QED) is 0.811. The third-order valence-electron chi connectivity index (χ3n) is 3.62. The zero-order valence-corrected chi connectivity index (χ0v) is 11.6. The highest BCUT2D eigenvalue weighted by molar-refractivity contribution is 5.82. The fraction of sp³-hybridized carbons (Fsp3) is 0.533. The van der Waals surface area contributed by atoms with E-state index in [9.17, 15) is 4.79 Å². The summed E-state index contributed by atoms with van der Waals surface area (Å²) in [6, 6.07) is 9.38. The molecule has 0 aliphatic heterocycles. The van der Waals surface area contributed by atoms with Gasteiger partial charge in [-0.2, -0.15) is 0 Å². The van der Waals surface area contributed by atoms with Gasteiger partial charge in [0.2, 0.25) is 5.91 Å². The summed E-state index contributed by atoms with van der Waals surface area (Å²) < 4.78 is 0. The first-order chi connectivity index (χ1) is 8.50. The number of amides is 1. The van der Waals surface area contributed by atoms with Crippen LogP contribution < -0.4 is 11.1 Å². The van der Waals surface area contributed by atoms with Crippen molar-refractivity contribution < 1.29 is 4.79 Å². The number of benzene rings is 1. The van der Waals surface area contributed by atoms with E-state index in [2.05, 4.69) is 26.1 Å². The van der Waals surface area contributed by atoms with E-state index in [-0.39, 0.29) is 11.4 Å². The highest BCUT2D eigenvalue weighted by Crippen LogP contribution is 2.14. The van der Waals surface area contributed by atoms with Gasteiger partial charge in [-0.3, -0.25) is 4.79 Å². The summed E-state index contributed by atoms with van der Waals surface area (Å²) in [5, 5.41) is 3.05. The average molecular weight is 248 g/mol. The fourth-order valence-electron chi connectivity index (χ4n) is 1.78. The van der Waals surface area contributed by atoms with E-state index >= 15 is 0 Å². The highest BCUT2D eigenvalue weighted by Gasteiger charge is 2.24. The second kappa shape index (κ2) is 6.55. The zero-order chi connectivity index (χ0) is 13.6. The van der Waals surface area contributed by atoms with Crippen LogP contribution in [0.25, 0.3) is 0 Å². The molecule has 0 unspecified atom stereocenters. The van der Waals surface area contributed by atoms with Crippen LogP contribution >= 0.6 is 0 Å². The molecular formula is C15H24N2O. The maximum absolute atomic E-state index is 12.0. The average Bonchev–Trinajstić information content (AvgIpc) is 2.39. The first kappa shape index (κ1) is 14.7. The molecule has 0 fully saturated rings. The topological polar surface area (TPSA) is 55.1 Å². The minimum atomic E-state index is -0.482. The number of nitrogens with two attached hydrogens (primary N) is 1. The van der Waals surface area contributed by atoms with Crippen molar-refractivity contribution in [3.8, 4) is 0 Å². The number of rotatable bonds is 6. The molecule has 0 aromatic heterocycles. The first-order valence-corrected chi connectivity index (χ1v) is 6.62. The third kappa shape index (κ3) is 4.15. The highest BCUT2D eigenvalue weighted by atomic mass is 16.2. The van der Waals surface area contributed by atoms with Crippen LogP contribution in [-0.2, 0) is 11.2 Å². The molecule has 0 aliphatic carbocycles. The molecule has 0 heterocycles. The molecule has 1 aromatic rings. The van der Waals surface area contributed by atoms with E-state index < -0.39 is 6.04 Å². The first-order valence-electron chi connectivity index (χ1n) is 6.62. The molecule has 1 rings (SSSR count). The Hall–Kier alpha value is -1.35. The Balaban J connectivity index is 2.57. The van der Waals surface area contributed by atoms with E-state index in [1.807, 2.05) is 30.3 Å². The fourth-order valence-corrected chi connectivity index (χ4v) is 1.78. The van der Waals surface area contributed by atoms with Crippen molar-refractivity contribution in [3.05, 3.63) is 35.9 Å². The number of hydrogen-bond donors (Lipinski definition) is 2. The van der Waals surface area contributed by atoms with Crippen LogP contribution in [0.3, 0.4) is 0 Å². The Morgan fingerprint density at radius 3 is 2.33 bits per heavy atom. The molecule has 0 bridgehead atoms. The molecule has 0 saturated carbocycles. The van der Waals surface area contributed by atoms with Crippen LogP contribution in [0.5, 0.6) is 0 Å². The molecule has 100 valence electrons. The predicted octanol–water partition coefficient (Wildman–Crippen LogP) is 2.25.